The van der Waals surface area contributed by atoms with E-state index in [4.69, 9.17) is 5.73 Å². The van der Waals surface area contributed by atoms with Crippen molar-refractivity contribution >= 4 is 16.6 Å². The van der Waals surface area contributed by atoms with Gasteiger partial charge in [0, 0.05) is 25.0 Å². The lowest BCUT2D eigenvalue weighted by Gasteiger charge is -2.21. The average Bonchev–Trinajstić information content (AvgIpc) is 2.35. The highest BCUT2D eigenvalue weighted by molar-refractivity contribution is 5.90. The van der Waals surface area contributed by atoms with Crippen molar-refractivity contribution in [3.05, 3.63) is 30.5 Å². The molecule has 0 aliphatic heterocycles. The zero-order chi connectivity index (χ0) is 12.3. The second kappa shape index (κ2) is 5.10. The molecule has 0 radical (unpaired) electrons. The van der Waals surface area contributed by atoms with Crippen LogP contribution in [0.15, 0.2) is 30.5 Å². The van der Waals surface area contributed by atoms with Gasteiger partial charge < -0.3 is 10.6 Å². The highest BCUT2D eigenvalue weighted by Crippen LogP contribution is 2.22. The second-order valence-corrected chi connectivity index (χ2v) is 4.43. The van der Waals surface area contributed by atoms with Crippen LogP contribution < -0.4 is 10.6 Å². The summed E-state index contributed by atoms with van der Waals surface area (Å²) in [4.78, 5) is 2.18. The van der Waals surface area contributed by atoms with Crippen LogP contribution in [0.5, 0.6) is 0 Å². The van der Waals surface area contributed by atoms with Crippen LogP contribution in [0.3, 0.4) is 0 Å². The Hall–Kier alpha value is -1.68. The summed E-state index contributed by atoms with van der Waals surface area (Å²) in [7, 11) is 2.06. The van der Waals surface area contributed by atoms with Gasteiger partial charge in [-0.25, -0.2) is 0 Å². The number of rotatable bonds is 4. The third-order valence-corrected chi connectivity index (χ3v) is 2.86. The van der Waals surface area contributed by atoms with Gasteiger partial charge in [0.05, 0.1) is 17.4 Å². The number of aromatic nitrogens is 2. The van der Waals surface area contributed by atoms with Crippen LogP contribution in [-0.4, -0.2) is 29.8 Å². The molecule has 1 heterocycles. The summed E-state index contributed by atoms with van der Waals surface area (Å²) in [5, 5.41) is 9.29. The molecule has 0 saturated carbocycles. The monoisotopic (exact) mass is 230 g/mol. The molecule has 0 spiro atoms. The lowest BCUT2D eigenvalue weighted by molar-refractivity contribution is 0.659. The van der Waals surface area contributed by atoms with E-state index in [2.05, 4.69) is 28.2 Å². The standard InChI is InChI=1S/C13H18N4/c1-10(14)7-8-17(2)13-9-15-16-12-6-4-3-5-11(12)13/h3-6,9-10H,7-8,14H2,1-2H3. The molecule has 0 aliphatic carbocycles. The third-order valence-electron chi connectivity index (χ3n) is 2.86. The van der Waals surface area contributed by atoms with E-state index in [0.29, 0.717) is 0 Å². The maximum atomic E-state index is 5.78. The number of nitrogens with zero attached hydrogens (tertiary/aromatic N) is 3. The number of benzene rings is 1. The van der Waals surface area contributed by atoms with Crippen LogP contribution in [0.1, 0.15) is 13.3 Å². The minimum absolute atomic E-state index is 0.221. The highest BCUT2D eigenvalue weighted by atomic mass is 15.1. The first-order valence-corrected chi connectivity index (χ1v) is 5.85. The van der Waals surface area contributed by atoms with Crippen LogP contribution in [0.2, 0.25) is 0 Å². The van der Waals surface area contributed by atoms with E-state index in [-0.39, 0.29) is 6.04 Å². The third kappa shape index (κ3) is 2.71. The second-order valence-electron chi connectivity index (χ2n) is 4.43. The van der Waals surface area contributed by atoms with Crippen molar-refractivity contribution in [2.45, 2.75) is 19.4 Å². The van der Waals surface area contributed by atoms with Gasteiger partial charge in [-0.3, -0.25) is 0 Å². The van der Waals surface area contributed by atoms with Crippen LogP contribution in [-0.2, 0) is 0 Å². The molecule has 1 atom stereocenters. The molecule has 17 heavy (non-hydrogen) atoms. The van der Waals surface area contributed by atoms with Gasteiger partial charge in [0.15, 0.2) is 0 Å². The predicted molar refractivity (Wildman–Crippen MR) is 71.1 cm³/mol. The summed E-state index contributed by atoms with van der Waals surface area (Å²) in [5.41, 5.74) is 7.81. The number of nitrogens with two attached hydrogens (primary N) is 1. The molecule has 4 nitrogen and oxygen atoms in total. The lowest BCUT2D eigenvalue weighted by Crippen LogP contribution is -2.26. The van der Waals surface area contributed by atoms with Crippen LogP contribution in [0.4, 0.5) is 5.69 Å². The summed E-state index contributed by atoms with van der Waals surface area (Å²) < 4.78 is 0. The molecular formula is C13H18N4. The summed E-state index contributed by atoms with van der Waals surface area (Å²) in [6, 6.07) is 8.27. The van der Waals surface area contributed by atoms with Crippen molar-refractivity contribution < 1.29 is 0 Å². The summed E-state index contributed by atoms with van der Waals surface area (Å²) >= 11 is 0. The summed E-state index contributed by atoms with van der Waals surface area (Å²) in [5.74, 6) is 0. The Morgan fingerprint density at radius 2 is 2.12 bits per heavy atom. The Morgan fingerprint density at radius 1 is 1.35 bits per heavy atom. The number of hydrogen-bond acceptors (Lipinski definition) is 4. The Kier molecular flexibility index (Phi) is 3.54. The van der Waals surface area contributed by atoms with Crippen molar-refractivity contribution in [2.24, 2.45) is 5.73 Å². The molecule has 1 aromatic heterocycles. The normalized spacial score (nSPS) is 12.6. The van der Waals surface area contributed by atoms with E-state index >= 15 is 0 Å². The van der Waals surface area contributed by atoms with E-state index in [1.54, 1.807) is 0 Å². The molecule has 0 aliphatic rings. The van der Waals surface area contributed by atoms with Crippen molar-refractivity contribution in [3.63, 3.8) is 0 Å². The fourth-order valence-electron chi connectivity index (χ4n) is 1.81. The van der Waals surface area contributed by atoms with Gasteiger partial charge in [0.1, 0.15) is 0 Å². The molecule has 2 N–H and O–H groups in total. The number of fused-ring (bicyclic) bond motifs is 1. The first kappa shape index (κ1) is 11.8. The minimum atomic E-state index is 0.221. The van der Waals surface area contributed by atoms with Gasteiger partial charge in [0.25, 0.3) is 0 Å². The molecule has 1 unspecified atom stereocenters. The maximum absolute atomic E-state index is 5.78. The average molecular weight is 230 g/mol. The molecule has 0 amide bonds. The Labute approximate surface area is 101 Å². The molecule has 4 heteroatoms. The van der Waals surface area contributed by atoms with Crippen LogP contribution in [0.25, 0.3) is 10.9 Å². The summed E-state index contributed by atoms with van der Waals surface area (Å²) in [6.45, 7) is 2.95. The first-order valence-electron chi connectivity index (χ1n) is 5.85. The molecule has 2 aromatic rings. The van der Waals surface area contributed by atoms with Crippen molar-refractivity contribution in [1.82, 2.24) is 10.2 Å². The molecular weight excluding hydrogens is 212 g/mol. The van der Waals surface area contributed by atoms with E-state index in [1.165, 1.54) is 0 Å². The fourth-order valence-corrected chi connectivity index (χ4v) is 1.81. The Bertz CT molecular complexity index is 490. The Balaban J connectivity index is 2.28. The largest absolute Gasteiger partial charge is 0.373 e. The van der Waals surface area contributed by atoms with E-state index < -0.39 is 0 Å². The zero-order valence-corrected chi connectivity index (χ0v) is 10.3. The van der Waals surface area contributed by atoms with E-state index in [1.807, 2.05) is 31.3 Å². The van der Waals surface area contributed by atoms with Crippen molar-refractivity contribution in [3.8, 4) is 0 Å². The van der Waals surface area contributed by atoms with Gasteiger partial charge in [-0.15, -0.1) is 0 Å². The Morgan fingerprint density at radius 3 is 2.88 bits per heavy atom. The topological polar surface area (TPSA) is 55.0 Å². The predicted octanol–water partition coefficient (Wildman–Crippen LogP) is 1.80. The SMILES string of the molecule is CC(N)CCN(C)c1cnnc2ccccc12. The highest BCUT2D eigenvalue weighted by Gasteiger charge is 2.07. The van der Waals surface area contributed by atoms with E-state index in [9.17, 15) is 0 Å². The zero-order valence-electron chi connectivity index (χ0n) is 10.3. The van der Waals surface area contributed by atoms with Gasteiger partial charge in [-0.1, -0.05) is 18.2 Å². The van der Waals surface area contributed by atoms with Gasteiger partial charge in [0.2, 0.25) is 0 Å². The minimum Gasteiger partial charge on any atom is -0.373 e. The number of anilines is 1. The van der Waals surface area contributed by atoms with Crippen LogP contribution >= 0.6 is 0 Å². The molecule has 0 fully saturated rings. The van der Waals surface area contributed by atoms with Gasteiger partial charge in [-0.05, 0) is 19.4 Å². The van der Waals surface area contributed by atoms with Crippen molar-refractivity contribution in [2.75, 3.05) is 18.5 Å². The summed E-state index contributed by atoms with van der Waals surface area (Å²) in [6.07, 6.45) is 2.77. The smallest absolute Gasteiger partial charge is 0.0950 e. The van der Waals surface area contributed by atoms with Crippen molar-refractivity contribution in [1.29, 1.82) is 0 Å². The molecule has 0 bridgehead atoms. The number of hydrogen-bond donors (Lipinski definition) is 1. The first-order chi connectivity index (χ1) is 8.18. The fraction of sp³-hybridized carbons (Fsp3) is 0.385. The molecule has 1 aromatic carbocycles. The van der Waals surface area contributed by atoms with Crippen LogP contribution in [0, 0.1) is 0 Å². The van der Waals surface area contributed by atoms with Gasteiger partial charge >= 0.3 is 0 Å². The van der Waals surface area contributed by atoms with E-state index in [0.717, 1.165) is 29.6 Å². The quantitative estimate of drug-likeness (QED) is 0.870. The maximum Gasteiger partial charge on any atom is 0.0950 e. The molecule has 2 rings (SSSR count). The van der Waals surface area contributed by atoms with Gasteiger partial charge in [-0.2, -0.15) is 10.2 Å². The molecule has 0 saturated heterocycles. The molecule has 90 valence electrons. The lowest BCUT2D eigenvalue weighted by atomic mass is 10.2.